The number of aromatic nitrogens is 7. The molecule has 0 aliphatic heterocycles. The van der Waals surface area contributed by atoms with E-state index in [1.807, 2.05) is 38.6 Å². The Morgan fingerprint density at radius 3 is 2.41 bits per heavy atom. The van der Waals surface area contributed by atoms with Crippen molar-refractivity contribution in [3.8, 4) is 22.5 Å². The van der Waals surface area contributed by atoms with Gasteiger partial charge in [0.2, 0.25) is 0 Å². The SMILES string of the molecule is CC(C)(C)c1noc([C-]=O)n1.Cc1nn(C(C)C)cc1-c1nc2nccc(-c3ccc4c(c3)CCCCC4)c2[nH]1.[Na+]. The Morgan fingerprint density at radius 1 is 1.02 bits per heavy atom. The molecule has 0 spiro atoms. The topological polar surface area (TPSA) is 115 Å². The molecular weight excluding hydrogens is 525 g/mol. The van der Waals surface area contributed by atoms with E-state index in [9.17, 15) is 4.79 Å². The summed E-state index contributed by atoms with van der Waals surface area (Å²) in [5.41, 5.74) is 8.99. The van der Waals surface area contributed by atoms with E-state index in [1.54, 1.807) is 0 Å². The molecule has 0 bridgehead atoms. The van der Waals surface area contributed by atoms with E-state index >= 15 is 0 Å². The number of hydrogen-bond donors (Lipinski definition) is 1. The summed E-state index contributed by atoms with van der Waals surface area (Å²) in [6.07, 6.45) is 11.8. The van der Waals surface area contributed by atoms with Crippen LogP contribution in [0.25, 0.3) is 33.7 Å². The molecule has 0 fully saturated rings. The van der Waals surface area contributed by atoms with E-state index in [0.717, 1.165) is 33.8 Å². The molecule has 0 radical (unpaired) electrons. The maximum Gasteiger partial charge on any atom is 1.00 e. The monoisotopic (exact) mass is 561 g/mol. The number of nitrogens with one attached hydrogen (secondary N) is 1. The van der Waals surface area contributed by atoms with Crippen LogP contribution in [0, 0.1) is 6.92 Å². The number of hydrogen-bond acceptors (Lipinski definition) is 7. The first kappa shape index (κ1) is 30.8. The zero-order chi connectivity index (χ0) is 28.4. The van der Waals surface area contributed by atoms with Crippen molar-refractivity contribution in [2.75, 3.05) is 0 Å². The molecule has 208 valence electrons. The van der Waals surface area contributed by atoms with E-state index in [1.165, 1.54) is 55.1 Å². The van der Waals surface area contributed by atoms with Gasteiger partial charge in [0.15, 0.2) is 11.5 Å². The minimum Gasteiger partial charge on any atom is -0.532 e. The molecule has 1 N–H and O–H groups in total. The number of H-pyrrole nitrogens is 1. The summed E-state index contributed by atoms with van der Waals surface area (Å²) in [4.78, 5) is 26.7. The molecule has 10 heteroatoms. The molecule has 0 saturated carbocycles. The van der Waals surface area contributed by atoms with Gasteiger partial charge in [-0.3, -0.25) is 4.68 Å². The molecule has 4 heterocycles. The number of imidazole rings is 1. The maximum atomic E-state index is 10.0. The Bertz CT molecular complexity index is 1640. The van der Waals surface area contributed by atoms with Crippen LogP contribution in [0.4, 0.5) is 0 Å². The minimum atomic E-state index is -0.182. The summed E-state index contributed by atoms with van der Waals surface area (Å²) < 4.78 is 6.54. The van der Waals surface area contributed by atoms with Gasteiger partial charge in [-0.05, 0) is 69.2 Å². The third kappa shape index (κ3) is 6.85. The molecule has 0 unspecified atom stereocenters. The summed E-state index contributed by atoms with van der Waals surface area (Å²) in [6, 6.07) is 9.35. The molecule has 6 rings (SSSR count). The molecule has 41 heavy (non-hydrogen) atoms. The van der Waals surface area contributed by atoms with Gasteiger partial charge in [-0.1, -0.05) is 50.5 Å². The van der Waals surface area contributed by atoms with Crippen LogP contribution in [0.5, 0.6) is 0 Å². The fourth-order valence-corrected chi connectivity index (χ4v) is 4.91. The average Bonchev–Trinajstić information content (AvgIpc) is 3.63. The summed E-state index contributed by atoms with van der Waals surface area (Å²) in [5, 5.41) is 8.24. The Hall–Kier alpha value is -3.14. The standard InChI is InChI=1S/C24H27N5.C7H9N2O2.Na/c1-15(2)29-14-21(16(3)28-29)23-26-22-20(11-12-25-24(22)27-23)19-10-9-17-7-5-4-6-8-18(17)13-19;1-7(2,3)6-8-5(4-10)11-9-6;/h9-15H,4-8H2,1-3H3,(H,25,26,27);1-3H3;/q;-1;+1. The van der Waals surface area contributed by atoms with Crippen molar-refractivity contribution in [2.45, 2.75) is 85.1 Å². The van der Waals surface area contributed by atoms with Crippen LogP contribution >= 0.6 is 0 Å². The summed E-state index contributed by atoms with van der Waals surface area (Å²) >= 11 is 0. The first-order valence-electron chi connectivity index (χ1n) is 13.9. The second-order valence-corrected chi connectivity index (χ2v) is 11.7. The molecule has 0 amide bonds. The largest absolute Gasteiger partial charge is 1.00 e. The second kappa shape index (κ2) is 12.8. The van der Waals surface area contributed by atoms with E-state index in [2.05, 4.69) is 74.0 Å². The number of rotatable bonds is 4. The van der Waals surface area contributed by atoms with Crippen molar-refractivity contribution in [2.24, 2.45) is 0 Å². The van der Waals surface area contributed by atoms with E-state index in [0.29, 0.717) is 11.9 Å². The van der Waals surface area contributed by atoms with Gasteiger partial charge < -0.3 is 14.3 Å². The normalized spacial score (nSPS) is 13.2. The van der Waals surface area contributed by atoms with Gasteiger partial charge in [-0.15, -0.1) is 0 Å². The van der Waals surface area contributed by atoms with Crippen molar-refractivity contribution >= 4 is 17.5 Å². The number of fused-ring (bicyclic) bond motifs is 2. The van der Waals surface area contributed by atoms with Crippen LogP contribution in [0.1, 0.15) is 88.5 Å². The minimum absolute atomic E-state index is 0. The van der Waals surface area contributed by atoms with Gasteiger partial charge >= 0.3 is 29.6 Å². The summed E-state index contributed by atoms with van der Waals surface area (Å²) in [5.74, 6) is 1.27. The number of nitrogens with zero attached hydrogens (tertiary/aromatic N) is 6. The van der Waals surface area contributed by atoms with Crippen LogP contribution in [-0.2, 0) is 23.1 Å². The first-order chi connectivity index (χ1) is 19.1. The summed E-state index contributed by atoms with van der Waals surface area (Å²) in [7, 11) is 0. The van der Waals surface area contributed by atoms with E-state index < -0.39 is 0 Å². The Balaban J connectivity index is 0.000000274. The number of carbonyl (C=O) groups excluding carboxylic acids is 1. The number of benzene rings is 1. The Labute approximate surface area is 262 Å². The van der Waals surface area contributed by atoms with Crippen molar-refractivity contribution < 1.29 is 38.9 Å². The molecule has 1 aromatic carbocycles. The van der Waals surface area contributed by atoms with Gasteiger partial charge in [-0.2, -0.15) is 11.4 Å². The van der Waals surface area contributed by atoms with Gasteiger partial charge in [0.1, 0.15) is 11.7 Å². The predicted molar refractivity (Wildman–Crippen MR) is 155 cm³/mol. The predicted octanol–water partition coefficient (Wildman–Crippen LogP) is 3.48. The van der Waals surface area contributed by atoms with Gasteiger partial charge in [0.05, 0.1) is 16.8 Å². The summed E-state index contributed by atoms with van der Waals surface area (Å²) in [6.45, 7) is 12.1. The smallest absolute Gasteiger partial charge is 0.532 e. The Morgan fingerprint density at radius 2 is 1.78 bits per heavy atom. The number of aryl methyl sites for hydroxylation is 3. The molecule has 1 aliphatic carbocycles. The molecule has 1 aliphatic rings. The average molecular weight is 562 g/mol. The van der Waals surface area contributed by atoms with Crippen LogP contribution in [0.3, 0.4) is 0 Å². The third-order valence-corrected chi connectivity index (χ3v) is 7.19. The zero-order valence-electron chi connectivity index (χ0n) is 25.1. The fourth-order valence-electron chi connectivity index (χ4n) is 4.91. The Kier molecular flexibility index (Phi) is 9.62. The van der Waals surface area contributed by atoms with Gasteiger partial charge in [-0.25, -0.2) is 15.0 Å². The van der Waals surface area contributed by atoms with Crippen LogP contribution in [0.2, 0.25) is 0 Å². The van der Waals surface area contributed by atoms with Gasteiger partial charge in [0, 0.05) is 29.4 Å². The maximum absolute atomic E-state index is 10.0. The van der Waals surface area contributed by atoms with Crippen LogP contribution in [0.15, 0.2) is 41.2 Å². The van der Waals surface area contributed by atoms with Crippen molar-refractivity contribution in [3.63, 3.8) is 0 Å². The number of aromatic amines is 1. The van der Waals surface area contributed by atoms with Crippen molar-refractivity contribution in [3.05, 3.63) is 65.2 Å². The zero-order valence-corrected chi connectivity index (χ0v) is 27.1. The van der Waals surface area contributed by atoms with Gasteiger partial charge in [0.25, 0.3) is 0 Å². The molecular formula is C31H36N7NaO2. The molecule has 0 atom stereocenters. The number of pyridine rings is 1. The third-order valence-electron chi connectivity index (χ3n) is 7.19. The molecule has 5 aromatic rings. The second-order valence-electron chi connectivity index (χ2n) is 11.7. The van der Waals surface area contributed by atoms with E-state index in [-0.39, 0.29) is 40.9 Å². The molecule has 4 aromatic heterocycles. The fraction of sp³-hybridized carbons (Fsp3) is 0.419. The van der Waals surface area contributed by atoms with Crippen molar-refractivity contribution in [1.82, 2.24) is 34.9 Å². The first-order valence-corrected chi connectivity index (χ1v) is 13.9. The van der Waals surface area contributed by atoms with Crippen LogP contribution in [-0.4, -0.2) is 41.2 Å². The quantitative estimate of drug-likeness (QED) is 0.203. The van der Waals surface area contributed by atoms with Crippen LogP contribution < -0.4 is 29.6 Å². The molecule has 0 saturated heterocycles. The van der Waals surface area contributed by atoms with E-state index in [4.69, 9.17) is 4.98 Å². The molecule has 9 nitrogen and oxygen atoms in total. The van der Waals surface area contributed by atoms with Crippen molar-refractivity contribution in [1.29, 1.82) is 0 Å².